The molecule has 8 aromatic carbocycles. The van der Waals surface area contributed by atoms with E-state index in [2.05, 4.69) is 211 Å². The molecule has 1 heterocycles. The Morgan fingerprint density at radius 1 is 0.410 bits per heavy atom. The molecule has 0 fully saturated rings. The normalized spacial score (nSPS) is 13.9. The molecule has 1 aromatic heterocycles. The van der Waals surface area contributed by atoms with Crippen LogP contribution in [-0.2, 0) is 6.18 Å². The van der Waals surface area contributed by atoms with Crippen molar-refractivity contribution in [1.82, 2.24) is 4.57 Å². The first-order valence-corrected chi connectivity index (χ1v) is 23.7. The average molecular weight is 838 g/mol. The summed E-state index contributed by atoms with van der Waals surface area (Å²) in [6, 6.07) is 73.4. The molecule has 1 aliphatic carbocycles. The van der Waals surface area contributed by atoms with Gasteiger partial charge >= 0.3 is 6.18 Å². The molecule has 0 unspecified atom stereocenters. The van der Waals surface area contributed by atoms with Gasteiger partial charge in [-0.2, -0.15) is 13.2 Å². The zero-order valence-corrected chi connectivity index (χ0v) is 34.9. The lowest BCUT2D eigenvalue weighted by molar-refractivity contribution is -0.137. The number of halogens is 3. The van der Waals surface area contributed by atoms with Gasteiger partial charge in [-0.05, 0) is 139 Å². The minimum absolute atomic E-state index is 0.669. The zero-order valence-electron chi connectivity index (χ0n) is 33.3. The molecule has 6 heteroatoms. The van der Waals surface area contributed by atoms with E-state index in [4.69, 9.17) is 0 Å². The summed E-state index contributed by atoms with van der Waals surface area (Å²) in [7, 11) is -3.99. The standard InChI is InChI=1S/C55H42F3NS2/c56-55(57,58)41-31-33-42(34-32-41)59-53-37-35-49(60(43-19-7-1-8-20-43,44-21-9-2-10-22-44)45-23-11-3-12-24-45)39-51(53)52-40-50(36-38-54(52)59)61(46-25-13-4-14-26-46,47-27-15-5-16-28-47)48-29-17-6-18-30-48/h1-17,19-29,31-40H,18,30H2. The third kappa shape index (κ3) is 6.53. The number of hydrogen-bond donors (Lipinski definition) is 0. The lowest BCUT2D eigenvalue weighted by Gasteiger charge is -2.44. The summed E-state index contributed by atoms with van der Waals surface area (Å²) in [5.41, 5.74) is 1.86. The second-order valence-corrected chi connectivity index (χ2v) is 21.4. The molecule has 300 valence electrons. The average Bonchev–Trinajstić information content (AvgIpc) is 3.65. The Bertz CT molecular complexity index is 2900. The van der Waals surface area contributed by atoms with Crippen LogP contribution in [0.2, 0.25) is 0 Å². The number of alkyl halides is 3. The van der Waals surface area contributed by atoms with Gasteiger partial charge < -0.3 is 4.57 Å². The van der Waals surface area contributed by atoms with Crippen molar-refractivity contribution in [1.29, 1.82) is 0 Å². The molecular formula is C55H42F3NS2. The molecule has 10 rings (SSSR count). The highest BCUT2D eigenvalue weighted by atomic mass is 32.3. The first-order valence-electron chi connectivity index (χ1n) is 20.4. The van der Waals surface area contributed by atoms with E-state index in [1.807, 2.05) is 0 Å². The van der Waals surface area contributed by atoms with Crippen LogP contribution in [0.25, 0.3) is 27.5 Å². The number of fused-ring (bicyclic) bond motifs is 3. The van der Waals surface area contributed by atoms with Gasteiger partial charge in [-0.1, -0.05) is 109 Å². The van der Waals surface area contributed by atoms with Crippen molar-refractivity contribution in [2.45, 2.75) is 53.3 Å². The van der Waals surface area contributed by atoms with E-state index < -0.39 is 31.8 Å². The van der Waals surface area contributed by atoms with E-state index >= 15 is 0 Å². The van der Waals surface area contributed by atoms with E-state index in [-0.39, 0.29) is 0 Å². The van der Waals surface area contributed by atoms with Crippen LogP contribution in [-0.4, -0.2) is 4.57 Å². The smallest absolute Gasteiger partial charge is 0.309 e. The Morgan fingerprint density at radius 2 is 0.803 bits per heavy atom. The summed E-state index contributed by atoms with van der Waals surface area (Å²) in [5.74, 6) is 0. The van der Waals surface area contributed by atoms with Crippen LogP contribution in [0.1, 0.15) is 18.4 Å². The van der Waals surface area contributed by atoms with E-state index in [1.54, 1.807) is 12.1 Å². The molecule has 0 saturated carbocycles. The predicted molar refractivity (Wildman–Crippen MR) is 247 cm³/mol. The summed E-state index contributed by atoms with van der Waals surface area (Å²) >= 11 is 0. The van der Waals surface area contributed by atoms with Crippen molar-refractivity contribution in [3.63, 3.8) is 0 Å². The van der Waals surface area contributed by atoms with Crippen molar-refractivity contribution in [2.24, 2.45) is 0 Å². The second-order valence-electron chi connectivity index (χ2n) is 15.1. The summed E-state index contributed by atoms with van der Waals surface area (Å²) in [4.78, 5) is 9.94. The third-order valence-corrected chi connectivity index (χ3v) is 19.7. The predicted octanol–water partition coefficient (Wildman–Crippen LogP) is 16.7. The first-order chi connectivity index (χ1) is 29.9. The van der Waals surface area contributed by atoms with Crippen molar-refractivity contribution in [3.05, 3.63) is 241 Å². The van der Waals surface area contributed by atoms with Gasteiger partial charge in [-0.3, -0.25) is 0 Å². The number of hydrogen-bond acceptors (Lipinski definition) is 0. The zero-order chi connectivity index (χ0) is 41.4. The highest BCUT2D eigenvalue weighted by Gasteiger charge is 2.37. The Balaban J connectivity index is 1.33. The number of nitrogens with zero attached hydrogens (tertiary/aromatic N) is 1. The van der Waals surface area contributed by atoms with Gasteiger partial charge in [0.15, 0.2) is 0 Å². The van der Waals surface area contributed by atoms with Gasteiger partial charge in [0.05, 0.1) is 16.6 Å². The van der Waals surface area contributed by atoms with Gasteiger partial charge in [0, 0.05) is 50.7 Å². The highest BCUT2D eigenvalue weighted by Crippen LogP contribution is 2.76. The molecule has 0 atom stereocenters. The maximum atomic E-state index is 13.9. The molecule has 0 spiro atoms. The lowest BCUT2D eigenvalue weighted by atomic mass is 10.1. The number of rotatable bonds is 9. The summed E-state index contributed by atoms with van der Waals surface area (Å²) < 4.78 is 43.9. The van der Waals surface area contributed by atoms with Crippen LogP contribution in [0.4, 0.5) is 13.2 Å². The molecule has 61 heavy (non-hydrogen) atoms. The number of aromatic nitrogens is 1. The molecule has 0 N–H and O–H groups in total. The molecule has 0 aliphatic heterocycles. The Kier molecular flexibility index (Phi) is 10.1. The van der Waals surface area contributed by atoms with Crippen molar-refractivity contribution in [3.8, 4) is 5.69 Å². The van der Waals surface area contributed by atoms with E-state index in [1.165, 1.54) is 51.3 Å². The first kappa shape index (κ1) is 38.7. The topological polar surface area (TPSA) is 4.93 Å². The fraction of sp³-hybridized carbons (Fsp3) is 0.0545. The van der Waals surface area contributed by atoms with Crippen LogP contribution in [0, 0.1) is 0 Å². The lowest BCUT2D eigenvalue weighted by Crippen LogP contribution is -2.08. The molecule has 0 radical (unpaired) electrons. The van der Waals surface area contributed by atoms with Crippen LogP contribution >= 0.6 is 20.1 Å². The van der Waals surface area contributed by atoms with Crippen molar-refractivity contribution >= 4 is 41.9 Å². The van der Waals surface area contributed by atoms with Crippen LogP contribution in [0.3, 0.4) is 0 Å². The second kappa shape index (κ2) is 15.9. The summed E-state index contributed by atoms with van der Waals surface area (Å²) in [6.07, 6.45) is 4.22. The minimum atomic E-state index is -4.44. The highest BCUT2D eigenvalue weighted by molar-refractivity contribution is 8.37. The van der Waals surface area contributed by atoms with Gasteiger partial charge in [-0.15, -0.1) is 20.1 Å². The molecule has 1 nitrogen and oxygen atoms in total. The largest absolute Gasteiger partial charge is 0.416 e. The summed E-state index contributed by atoms with van der Waals surface area (Å²) in [5, 5.41) is 2.09. The van der Waals surface area contributed by atoms with Crippen molar-refractivity contribution < 1.29 is 13.2 Å². The molecular weight excluding hydrogens is 796 g/mol. The number of benzene rings is 8. The molecule has 0 bridgehead atoms. The third-order valence-electron chi connectivity index (χ3n) is 11.7. The van der Waals surface area contributed by atoms with Gasteiger partial charge in [0.2, 0.25) is 0 Å². The van der Waals surface area contributed by atoms with Gasteiger partial charge in [-0.25, -0.2) is 0 Å². The van der Waals surface area contributed by atoms with Gasteiger partial charge in [0.1, 0.15) is 0 Å². The maximum Gasteiger partial charge on any atom is 0.416 e. The maximum absolute atomic E-state index is 13.9. The van der Waals surface area contributed by atoms with Gasteiger partial charge in [0.25, 0.3) is 0 Å². The van der Waals surface area contributed by atoms with Crippen LogP contribution < -0.4 is 0 Å². The molecule has 0 saturated heterocycles. The minimum Gasteiger partial charge on any atom is -0.309 e. The van der Waals surface area contributed by atoms with Crippen molar-refractivity contribution in [2.75, 3.05) is 0 Å². The fourth-order valence-corrected chi connectivity index (χ4v) is 17.1. The van der Waals surface area contributed by atoms with Crippen LogP contribution in [0.15, 0.2) is 270 Å². The van der Waals surface area contributed by atoms with E-state index in [0.717, 1.165) is 34.6 Å². The Labute approximate surface area is 357 Å². The Hall–Kier alpha value is -6.47. The Morgan fingerprint density at radius 3 is 1.18 bits per heavy atom. The van der Waals surface area contributed by atoms with E-state index in [0.29, 0.717) is 5.69 Å². The SMILES string of the molecule is FC(F)(F)c1ccc(-n2c3ccc(S(C4=CC=CCC4)(c4ccccc4)c4ccccc4)cc3c3cc(S(c4ccccc4)(c4ccccc4)c4ccccc4)ccc32)cc1. The quantitative estimate of drug-likeness (QED) is 0.136. The molecule has 9 aromatic rings. The molecule has 1 aliphatic rings. The fourth-order valence-electron chi connectivity index (χ4n) is 9.08. The van der Waals surface area contributed by atoms with E-state index in [9.17, 15) is 13.2 Å². The monoisotopic (exact) mass is 837 g/mol. The van der Waals surface area contributed by atoms with Crippen LogP contribution in [0.5, 0.6) is 0 Å². The molecule has 0 amide bonds. The summed E-state index contributed by atoms with van der Waals surface area (Å²) in [6.45, 7) is 0. The number of allylic oxidation sites excluding steroid dienone is 4.